The zero-order chi connectivity index (χ0) is 19.6. The molecule has 5 heteroatoms. The molecule has 27 heavy (non-hydrogen) atoms. The van der Waals surface area contributed by atoms with Crippen molar-refractivity contribution in [2.75, 3.05) is 19.0 Å². The third kappa shape index (κ3) is 3.92. The van der Waals surface area contributed by atoms with E-state index in [9.17, 15) is 4.79 Å². The molecule has 0 fully saturated rings. The van der Waals surface area contributed by atoms with Gasteiger partial charge in [-0.15, -0.1) is 0 Å². The van der Waals surface area contributed by atoms with Gasteiger partial charge in [0.05, 0.1) is 11.3 Å². The van der Waals surface area contributed by atoms with Gasteiger partial charge in [-0.25, -0.2) is 4.79 Å². The normalized spacial score (nSPS) is 11.1. The van der Waals surface area contributed by atoms with Crippen LogP contribution < -0.4 is 4.90 Å². The van der Waals surface area contributed by atoms with Crippen molar-refractivity contribution >= 4 is 23.6 Å². The van der Waals surface area contributed by atoms with E-state index in [-0.39, 0.29) is 5.56 Å². The fourth-order valence-electron chi connectivity index (χ4n) is 3.08. The Labute approximate surface area is 159 Å². The summed E-state index contributed by atoms with van der Waals surface area (Å²) in [6.07, 6.45) is 1.79. The lowest BCUT2D eigenvalue weighted by atomic mass is 10.2. The maximum atomic E-state index is 11.1. The number of aryl methyl sites for hydroxylation is 1. The van der Waals surface area contributed by atoms with Crippen molar-refractivity contribution in [3.8, 4) is 5.69 Å². The van der Waals surface area contributed by atoms with E-state index < -0.39 is 5.97 Å². The average Bonchev–Trinajstić information content (AvgIpc) is 2.93. The second kappa shape index (κ2) is 7.50. The Morgan fingerprint density at radius 2 is 1.78 bits per heavy atom. The van der Waals surface area contributed by atoms with Gasteiger partial charge in [0, 0.05) is 48.6 Å². The molecule has 0 radical (unpaired) electrons. The quantitative estimate of drug-likeness (QED) is 0.675. The number of benzene rings is 2. The van der Waals surface area contributed by atoms with Gasteiger partial charge in [0.15, 0.2) is 0 Å². The van der Waals surface area contributed by atoms with Gasteiger partial charge in [-0.1, -0.05) is 6.07 Å². The molecule has 3 rings (SSSR count). The van der Waals surface area contributed by atoms with Crippen molar-refractivity contribution in [1.29, 1.82) is 0 Å². The summed E-state index contributed by atoms with van der Waals surface area (Å²) in [5.74, 6) is -0.952. The Morgan fingerprint density at radius 1 is 1.07 bits per heavy atom. The highest BCUT2D eigenvalue weighted by Gasteiger charge is 2.10. The van der Waals surface area contributed by atoms with Crippen LogP contribution in [0.3, 0.4) is 0 Å². The first-order chi connectivity index (χ1) is 12.9. The summed E-state index contributed by atoms with van der Waals surface area (Å²) in [7, 11) is 4.05. The number of aromatic nitrogens is 1. The summed E-state index contributed by atoms with van der Waals surface area (Å²) in [6.45, 7) is 4.12. The lowest BCUT2D eigenvalue weighted by Gasteiger charge is -2.14. The van der Waals surface area contributed by atoms with Crippen LogP contribution in [0.4, 0.5) is 11.4 Å². The lowest BCUT2D eigenvalue weighted by Crippen LogP contribution is -2.08. The Morgan fingerprint density at radius 3 is 2.41 bits per heavy atom. The Balaban J connectivity index is 1.91. The minimum atomic E-state index is -0.952. The topological polar surface area (TPSA) is 57.8 Å². The van der Waals surface area contributed by atoms with Gasteiger partial charge < -0.3 is 14.6 Å². The minimum absolute atomic E-state index is 0.233. The number of anilines is 1. The molecule has 2 aromatic carbocycles. The van der Waals surface area contributed by atoms with Crippen LogP contribution >= 0.6 is 0 Å². The van der Waals surface area contributed by atoms with Crippen LogP contribution in [0.5, 0.6) is 0 Å². The largest absolute Gasteiger partial charge is 0.478 e. The predicted octanol–water partition coefficient (Wildman–Crippen LogP) is 4.61. The second-order valence-corrected chi connectivity index (χ2v) is 6.69. The van der Waals surface area contributed by atoms with Crippen molar-refractivity contribution in [3.05, 3.63) is 77.1 Å². The Kier molecular flexibility index (Phi) is 5.12. The van der Waals surface area contributed by atoms with Crippen LogP contribution in [-0.2, 0) is 0 Å². The molecule has 1 heterocycles. The number of carbonyl (C=O) groups is 1. The van der Waals surface area contributed by atoms with E-state index in [0.29, 0.717) is 5.69 Å². The summed E-state index contributed by atoms with van der Waals surface area (Å²) in [4.78, 5) is 17.6. The number of nitrogens with zero attached hydrogens (tertiary/aromatic N) is 3. The first-order valence-electron chi connectivity index (χ1n) is 8.71. The van der Waals surface area contributed by atoms with Crippen molar-refractivity contribution in [2.45, 2.75) is 13.8 Å². The average molecular weight is 361 g/mol. The molecular formula is C22H23N3O2. The molecule has 0 aliphatic carbocycles. The maximum Gasteiger partial charge on any atom is 0.335 e. The highest BCUT2D eigenvalue weighted by molar-refractivity contribution is 5.89. The third-order valence-corrected chi connectivity index (χ3v) is 4.54. The molecule has 0 saturated heterocycles. The minimum Gasteiger partial charge on any atom is -0.478 e. The zero-order valence-corrected chi connectivity index (χ0v) is 16.0. The smallest absolute Gasteiger partial charge is 0.335 e. The first kappa shape index (κ1) is 18.5. The van der Waals surface area contributed by atoms with E-state index in [2.05, 4.69) is 58.6 Å². The molecule has 1 N–H and O–H groups in total. The standard InChI is InChI=1S/C22H23N3O2/c1-15-12-18(14-23-19-7-5-6-17(13-19)22(26)27)16(2)25(15)21-10-8-20(9-11-21)24(3)4/h5-14H,1-4H3,(H,26,27). The third-order valence-electron chi connectivity index (χ3n) is 4.54. The highest BCUT2D eigenvalue weighted by atomic mass is 16.4. The van der Waals surface area contributed by atoms with Gasteiger partial charge in [0.2, 0.25) is 0 Å². The molecule has 3 aromatic rings. The van der Waals surface area contributed by atoms with Crippen molar-refractivity contribution in [1.82, 2.24) is 4.57 Å². The van der Waals surface area contributed by atoms with Crippen molar-refractivity contribution in [2.24, 2.45) is 4.99 Å². The Hall–Kier alpha value is -3.34. The number of carboxylic acid groups (broad SMARTS) is 1. The fraction of sp³-hybridized carbons (Fsp3) is 0.182. The van der Waals surface area contributed by atoms with E-state index in [1.807, 2.05) is 14.1 Å². The fourth-order valence-corrected chi connectivity index (χ4v) is 3.08. The molecule has 0 amide bonds. The SMILES string of the molecule is Cc1cc(C=Nc2cccc(C(=O)O)c2)c(C)n1-c1ccc(N(C)C)cc1. The van der Waals surface area contributed by atoms with E-state index in [4.69, 9.17) is 5.11 Å². The van der Waals surface area contributed by atoms with Crippen LogP contribution in [0.1, 0.15) is 27.3 Å². The van der Waals surface area contributed by atoms with Gasteiger partial charge in [-0.2, -0.15) is 0 Å². The monoisotopic (exact) mass is 361 g/mol. The summed E-state index contributed by atoms with van der Waals surface area (Å²) in [5.41, 5.74) is 6.31. The van der Waals surface area contributed by atoms with Crippen molar-refractivity contribution < 1.29 is 9.90 Å². The zero-order valence-electron chi connectivity index (χ0n) is 16.0. The van der Waals surface area contributed by atoms with E-state index in [1.165, 1.54) is 0 Å². The maximum absolute atomic E-state index is 11.1. The molecule has 5 nitrogen and oxygen atoms in total. The summed E-state index contributed by atoms with van der Waals surface area (Å²) in [6, 6.07) is 17.1. The van der Waals surface area contributed by atoms with Gasteiger partial charge in [-0.05, 0) is 62.4 Å². The van der Waals surface area contributed by atoms with Gasteiger partial charge in [-0.3, -0.25) is 4.99 Å². The molecule has 0 atom stereocenters. The molecule has 0 aliphatic heterocycles. The molecular weight excluding hydrogens is 338 g/mol. The number of carboxylic acids is 1. The van der Waals surface area contributed by atoms with Crippen LogP contribution in [0.15, 0.2) is 59.6 Å². The molecule has 0 bridgehead atoms. The predicted molar refractivity (Wildman–Crippen MR) is 110 cm³/mol. The van der Waals surface area contributed by atoms with E-state index >= 15 is 0 Å². The van der Waals surface area contributed by atoms with Crippen LogP contribution in [0.2, 0.25) is 0 Å². The molecule has 0 aliphatic rings. The number of rotatable bonds is 5. The lowest BCUT2D eigenvalue weighted by molar-refractivity contribution is 0.0697. The highest BCUT2D eigenvalue weighted by Crippen LogP contribution is 2.23. The van der Waals surface area contributed by atoms with E-state index in [0.717, 1.165) is 28.3 Å². The summed E-state index contributed by atoms with van der Waals surface area (Å²) < 4.78 is 2.19. The van der Waals surface area contributed by atoms with Gasteiger partial charge >= 0.3 is 5.97 Å². The summed E-state index contributed by atoms with van der Waals surface area (Å²) in [5, 5.41) is 9.10. The number of hydrogen-bond donors (Lipinski definition) is 1. The first-order valence-corrected chi connectivity index (χ1v) is 8.71. The number of aliphatic imine (C=N–C) groups is 1. The Bertz CT molecular complexity index is 999. The number of hydrogen-bond acceptors (Lipinski definition) is 3. The molecule has 1 aromatic heterocycles. The van der Waals surface area contributed by atoms with Crippen LogP contribution in [0.25, 0.3) is 5.69 Å². The molecule has 0 unspecified atom stereocenters. The van der Waals surface area contributed by atoms with Gasteiger partial charge in [0.25, 0.3) is 0 Å². The van der Waals surface area contributed by atoms with Gasteiger partial charge in [0.1, 0.15) is 0 Å². The molecule has 0 saturated carbocycles. The van der Waals surface area contributed by atoms with Crippen molar-refractivity contribution in [3.63, 3.8) is 0 Å². The second-order valence-electron chi connectivity index (χ2n) is 6.69. The van der Waals surface area contributed by atoms with Crippen LogP contribution in [-0.4, -0.2) is 36.0 Å². The van der Waals surface area contributed by atoms with E-state index in [1.54, 1.807) is 30.5 Å². The molecule has 138 valence electrons. The van der Waals surface area contributed by atoms with Crippen LogP contribution in [0, 0.1) is 13.8 Å². The summed E-state index contributed by atoms with van der Waals surface area (Å²) >= 11 is 0. The number of aromatic carboxylic acids is 1. The molecule has 0 spiro atoms.